The van der Waals surface area contributed by atoms with Crippen molar-refractivity contribution in [1.82, 2.24) is 4.90 Å². The Morgan fingerprint density at radius 1 is 1.03 bits per heavy atom. The molecular weight excluding hydrogens is 360 g/mol. The molecule has 0 spiro atoms. The summed E-state index contributed by atoms with van der Waals surface area (Å²) in [5.41, 5.74) is 1.88. The van der Waals surface area contributed by atoms with Crippen molar-refractivity contribution in [1.29, 1.82) is 0 Å². The topological polar surface area (TPSA) is 35.9 Å². The van der Waals surface area contributed by atoms with Gasteiger partial charge in [0.05, 0.1) is 17.9 Å². The highest BCUT2D eigenvalue weighted by Gasteiger charge is 2.32. The third kappa shape index (κ3) is 6.48. The van der Waals surface area contributed by atoms with E-state index in [1.165, 1.54) is 5.56 Å². The van der Waals surface area contributed by atoms with Gasteiger partial charge < -0.3 is 14.7 Å². The van der Waals surface area contributed by atoms with Crippen LogP contribution in [-0.4, -0.2) is 48.9 Å². The number of aliphatic hydroxyl groups is 1. The van der Waals surface area contributed by atoms with E-state index in [1.807, 2.05) is 12.1 Å². The lowest BCUT2D eigenvalue weighted by Gasteiger charge is -2.39. The van der Waals surface area contributed by atoms with Crippen molar-refractivity contribution >= 4 is 5.69 Å². The summed E-state index contributed by atoms with van der Waals surface area (Å²) in [7, 11) is 2.09. The summed E-state index contributed by atoms with van der Waals surface area (Å²) in [5.74, 6) is 0.938. The quantitative estimate of drug-likeness (QED) is 0.590. The number of likely N-dealkylation sites (tertiary alicyclic amines) is 1. The predicted molar refractivity (Wildman–Crippen MR) is 121 cm³/mol. The maximum Gasteiger partial charge on any atom is 0.142 e. The fourth-order valence-corrected chi connectivity index (χ4v) is 3.94. The molecule has 0 bridgehead atoms. The summed E-state index contributed by atoms with van der Waals surface area (Å²) < 4.78 is 5.98. The predicted octanol–water partition coefficient (Wildman–Crippen LogP) is 4.72. The minimum atomic E-state index is -0.570. The smallest absolute Gasteiger partial charge is 0.142 e. The molecular formula is C25H36N2O2. The summed E-state index contributed by atoms with van der Waals surface area (Å²) in [6.45, 7) is 6.62. The number of hydrogen-bond donors (Lipinski definition) is 1. The second kappa shape index (κ2) is 10.7. The molecule has 3 rings (SSSR count). The van der Waals surface area contributed by atoms with Gasteiger partial charge in [0.25, 0.3) is 0 Å². The van der Waals surface area contributed by atoms with Crippen LogP contribution in [0.1, 0.15) is 44.6 Å². The van der Waals surface area contributed by atoms with Gasteiger partial charge in [-0.2, -0.15) is 0 Å². The van der Waals surface area contributed by atoms with Crippen LogP contribution in [-0.2, 0) is 6.54 Å². The fourth-order valence-electron chi connectivity index (χ4n) is 3.94. The molecule has 0 radical (unpaired) electrons. The van der Waals surface area contributed by atoms with Crippen LogP contribution in [0.15, 0.2) is 54.6 Å². The molecule has 0 amide bonds. The average Bonchev–Trinajstić information content (AvgIpc) is 2.75. The van der Waals surface area contributed by atoms with E-state index in [9.17, 15) is 5.11 Å². The van der Waals surface area contributed by atoms with Gasteiger partial charge in [-0.05, 0) is 43.4 Å². The standard InChI is InChI=1S/C25H36N2O2/c1-3-4-20-29-24-13-9-8-12-23(24)26(2)17-14-25(28)15-18-27(19-16-25)21-22-10-6-5-7-11-22/h5-13,28H,3-4,14-21H2,1-2H3. The fraction of sp³-hybridized carbons (Fsp3) is 0.520. The lowest BCUT2D eigenvalue weighted by Crippen LogP contribution is -2.45. The summed E-state index contributed by atoms with van der Waals surface area (Å²) in [6.07, 6.45) is 4.65. The SMILES string of the molecule is CCCCOc1ccccc1N(C)CCC1(O)CCN(Cc2ccccc2)CC1. The van der Waals surface area contributed by atoms with Gasteiger partial charge in [0.2, 0.25) is 0 Å². The number of rotatable bonds is 10. The van der Waals surface area contributed by atoms with Crippen LogP contribution in [0.5, 0.6) is 5.75 Å². The summed E-state index contributed by atoms with van der Waals surface area (Å²) in [6, 6.07) is 18.8. The largest absolute Gasteiger partial charge is 0.491 e. The number of piperidine rings is 1. The zero-order chi connectivity index (χ0) is 20.5. The van der Waals surface area contributed by atoms with Crippen LogP contribution in [0.25, 0.3) is 0 Å². The van der Waals surface area contributed by atoms with Crippen molar-refractivity contribution < 1.29 is 9.84 Å². The maximum absolute atomic E-state index is 11.1. The third-order valence-corrected chi connectivity index (χ3v) is 5.98. The first kappa shape index (κ1) is 21.7. The lowest BCUT2D eigenvalue weighted by molar-refractivity contribution is -0.0275. The first-order valence-corrected chi connectivity index (χ1v) is 11.0. The average molecular weight is 397 g/mol. The molecule has 1 N–H and O–H groups in total. The molecule has 158 valence electrons. The van der Waals surface area contributed by atoms with Crippen LogP contribution in [0.3, 0.4) is 0 Å². The molecule has 1 saturated heterocycles. The second-order valence-electron chi connectivity index (χ2n) is 8.33. The zero-order valence-corrected chi connectivity index (χ0v) is 18.0. The number of unbranched alkanes of at least 4 members (excludes halogenated alkanes) is 1. The summed E-state index contributed by atoms with van der Waals surface area (Å²) >= 11 is 0. The van der Waals surface area contributed by atoms with Gasteiger partial charge in [0.15, 0.2) is 0 Å². The van der Waals surface area contributed by atoms with Crippen molar-refractivity contribution in [3.63, 3.8) is 0 Å². The number of benzene rings is 2. The Balaban J connectivity index is 1.48. The summed E-state index contributed by atoms with van der Waals surface area (Å²) in [4.78, 5) is 4.67. The molecule has 0 aliphatic carbocycles. The van der Waals surface area contributed by atoms with E-state index in [2.05, 4.69) is 66.2 Å². The van der Waals surface area contributed by atoms with Gasteiger partial charge in [0, 0.05) is 33.2 Å². The first-order valence-electron chi connectivity index (χ1n) is 11.0. The van der Waals surface area contributed by atoms with E-state index >= 15 is 0 Å². The van der Waals surface area contributed by atoms with Crippen LogP contribution >= 0.6 is 0 Å². The minimum absolute atomic E-state index is 0.570. The minimum Gasteiger partial charge on any atom is -0.491 e. The molecule has 0 unspecified atom stereocenters. The Kier molecular flexibility index (Phi) is 7.96. The molecule has 0 aromatic heterocycles. The Hall–Kier alpha value is -2.04. The Bertz CT molecular complexity index is 727. The Labute approximate surface area is 176 Å². The van der Waals surface area contributed by atoms with Crippen LogP contribution in [0.2, 0.25) is 0 Å². The van der Waals surface area contributed by atoms with Gasteiger partial charge in [-0.3, -0.25) is 4.90 Å². The molecule has 1 aliphatic heterocycles. The number of hydrogen-bond acceptors (Lipinski definition) is 4. The molecule has 4 nitrogen and oxygen atoms in total. The highest BCUT2D eigenvalue weighted by molar-refractivity contribution is 5.57. The molecule has 1 aliphatic rings. The van der Waals surface area contributed by atoms with E-state index in [1.54, 1.807) is 0 Å². The van der Waals surface area contributed by atoms with Gasteiger partial charge >= 0.3 is 0 Å². The molecule has 29 heavy (non-hydrogen) atoms. The van der Waals surface area contributed by atoms with Crippen LogP contribution < -0.4 is 9.64 Å². The van der Waals surface area contributed by atoms with Crippen molar-refractivity contribution in [2.75, 3.05) is 38.2 Å². The van der Waals surface area contributed by atoms with Gasteiger partial charge in [0.1, 0.15) is 5.75 Å². The maximum atomic E-state index is 11.1. The molecule has 4 heteroatoms. The molecule has 2 aromatic rings. The number of para-hydroxylation sites is 2. The van der Waals surface area contributed by atoms with E-state index in [0.29, 0.717) is 0 Å². The number of nitrogens with zero attached hydrogens (tertiary/aromatic N) is 2. The number of anilines is 1. The first-order chi connectivity index (χ1) is 14.1. The van der Waals surface area contributed by atoms with Crippen molar-refractivity contribution in [3.05, 3.63) is 60.2 Å². The zero-order valence-electron chi connectivity index (χ0n) is 18.0. The van der Waals surface area contributed by atoms with Gasteiger partial charge in [-0.1, -0.05) is 55.8 Å². The van der Waals surface area contributed by atoms with E-state index in [4.69, 9.17) is 4.74 Å². The normalized spacial score (nSPS) is 16.5. The highest BCUT2D eigenvalue weighted by Crippen LogP contribution is 2.30. The van der Waals surface area contributed by atoms with E-state index in [-0.39, 0.29) is 0 Å². The number of ether oxygens (including phenoxy) is 1. The lowest BCUT2D eigenvalue weighted by atomic mass is 9.88. The van der Waals surface area contributed by atoms with E-state index in [0.717, 1.165) is 76.3 Å². The molecule has 2 aromatic carbocycles. The molecule has 0 saturated carbocycles. The van der Waals surface area contributed by atoms with Crippen molar-refractivity contribution in [2.45, 2.75) is 51.2 Å². The van der Waals surface area contributed by atoms with Gasteiger partial charge in [-0.15, -0.1) is 0 Å². The third-order valence-electron chi connectivity index (χ3n) is 5.98. The van der Waals surface area contributed by atoms with Crippen LogP contribution in [0, 0.1) is 0 Å². The highest BCUT2D eigenvalue weighted by atomic mass is 16.5. The van der Waals surface area contributed by atoms with Gasteiger partial charge in [-0.25, -0.2) is 0 Å². The summed E-state index contributed by atoms with van der Waals surface area (Å²) in [5, 5.41) is 11.1. The van der Waals surface area contributed by atoms with Crippen molar-refractivity contribution in [3.8, 4) is 5.75 Å². The Morgan fingerprint density at radius 3 is 2.45 bits per heavy atom. The van der Waals surface area contributed by atoms with Crippen molar-refractivity contribution in [2.24, 2.45) is 0 Å². The van der Waals surface area contributed by atoms with Crippen LogP contribution in [0.4, 0.5) is 5.69 Å². The molecule has 1 heterocycles. The monoisotopic (exact) mass is 396 g/mol. The molecule has 1 fully saturated rings. The van der Waals surface area contributed by atoms with E-state index < -0.39 is 5.60 Å². The second-order valence-corrected chi connectivity index (χ2v) is 8.33. The molecule has 0 atom stereocenters. The Morgan fingerprint density at radius 2 is 1.72 bits per heavy atom.